The molecule has 174 valence electrons. The molecule has 0 spiro atoms. The second-order valence-electron chi connectivity index (χ2n) is 6.93. The summed E-state index contributed by atoms with van der Waals surface area (Å²) < 4.78 is 39.7. The number of para-hydroxylation sites is 1. The number of nitrogens with two attached hydrogens (primary N) is 1. The zero-order valence-corrected chi connectivity index (χ0v) is 18.5. The van der Waals surface area contributed by atoms with Gasteiger partial charge in [-0.05, 0) is 25.1 Å². The van der Waals surface area contributed by atoms with Crippen LogP contribution in [0.25, 0.3) is 0 Å². The molecule has 1 fully saturated rings. The first-order valence-corrected chi connectivity index (χ1v) is 11.9. The van der Waals surface area contributed by atoms with Crippen LogP contribution in [0.3, 0.4) is 0 Å². The highest BCUT2D eigenvalue weighted by atomic mass is 32.2. The second-order valence-corrected chi connectivity index (χ2v) is 9.98. The van der Waals surface area contributed by atoms with Crippen LogP contribution in [0.4, 0.5) is 10.2 Å². The van der Waals surface area contributed by atoms with Crippen LogP contribution in [-0.4, -0.2) is 55.9 Å². The topological polar surface area (TPSA) is 166 Å². The number of halogens is 1. The van der Waals surface area contributed by atoms with Gasteiger partial charge in [-0.15, -0.1) is 11.8 Å². The van der Waals surface area contributed by atoms with Crippen LogP contribution >= 0.6 is 19.5 Å². The maximum absolute atomic E-state index is 14.7. The summed E-state index contributed by atoms with van der Waals surface area (Å²) in [5, 5.41) is 19.7. The smallest absolute Gasteiger partial charge is 0.459 e. The first-order valence-electron chi connectivity index (χ1n) is 9.42. The quantitative estimate of drug-likeness (QED) is 0.377. The molecule has 32 heavy (non-hydrogen) atoms. The molecule has 0 amide bonds. The molecule has 0 radical (unpaired) electrons. The number of carboxylic acid groups (broad SMARTS) is 1. The standard InChI is InChI=1S/C18H22FN4O7PS/c1-10(17(25)26)22-31(28,30-11-5-3-2-4-6-11)29-9-12-15(24)14(19)16(32-12)23-8-7-13(20)21-18(23)27/h2-8,10,12,14-16,24H,9H2,1H3,(H,22,28)(H,25,26)(H2,20,21,27)/t10?,12-,14+,15-,16-,31?/m1/s1. The number of hydrogen-bond donors (Lipinski definition) is 4. The summed E-state index contributed by atoms with van der Waals surface area (Å²) in [5.74, 6) is -1.16. The van der Waals surface area contributed by atoms with Gasteiger partial charge >= 0.3 is 19.4 Å². The Kier molecular flexibility index (Phi) is 7.57. The van der Waals surface area contributed by atoms with Crippen molar-refractivity contribution in [1.29, 1.82) is 0 Å². The summed E-state index contributed by atoms with van der Waals surface area (Å²) in [5.41, 5.74) is 4.66. The fraction of sp³-hybridized carbons (Fsp3) is 0.389. The van der Waals surface area contributed by atoms with Crippen LogP contribution in [0, 0.1) is 0 Å². The maximum atomic E-state index is 14.7. The van der Waals surface area contributed by atoms with Crippen molar-refractivity contribution in [3.8, 4) is 5.75 Å². The fourth-order valence-electron chi connectivity index (χ4n) is 2.86. The minimum Gasteiger partial charge on any atom is -0.480 e. The Morgan fingerprint density at radius 1 is 1.41 bits per heavy atom. The lowest BCUT2D eigenvalue weighted by atomic mass is 10.1. The third-order valence-electron chi connectivity index (χ3n) is 4.52. The lowest BCUT2D eigenvalue weighted by molar-refractivity contribution is -0.138. The maximum Gasteiger partial charge on any atom is 0.459 e. The molecule has 0 saturated carbocycles. The van der Waals surface area contributed by atoms with Gasteiger partial charge in [0.15, 0.2) is 6.17 Å². The predicted octanol–water partition coefficient (Wildman–Crippen LogP) is 1.40. The van der Waals surface area contributed by atoms with Crippen molar-refractivity contribution in [2.24, 2.45) is 0 Å². The van der Waals surface area contributed by atoms with Crippen LogP contribution in [0.15, 0.2) is 47.4 Å². The Balaban J connectivity index is 1.75. The number of rotatable bonds is 9. The van der Waals surface area contributed by atoms with E-state index in [9.17, 15) is 23.7 Å². The number of thioether (sulfide) groups is 1. The van der Waals surface area contributed by atoms with Gasteiger partial charge in [-0.2, -0.15) is 10.1 Å². The number of aliphatic hydroxyl groups excluding tert-OH is 1. The molecule has 6 atom stereocenters. The SMILES string of the molecule is CC(NP(=O)(OC[C@H]1S[C@@H](n2ccc(N)nc2=O)[C@@H](F)[C@@H]1O)Oc1ccccc1)C(=O)O. The highest BCUT2D eigenvalue weighted by molar-refractivity contribution is 8.00. The highest BCUT2D eigenvalue weighted by Crippen LogP contribution is 2.48. The zero-order valence-electron chi connectivity index (χ0n) is 16.8. The van der Waals surface area contributed by atoms with Gasteiger partial charge in [-0.3, -0.25) is 13.9 Å². The van der Waals surface area contributed by atoms with E-state index >= 15 is 0 Å². The molecule has 1 aliphatic heterocycles. The molecule has 3 rings (SSSR count). The van der Waals surface area contributed by atoms with E-state index in [4.69, 9.17) is 19.9 Å². The van der Waals surface area contributed by atoms with Crippen molar-refractivity contribution in [3.05, 3.63) is 53.1 Å². The van der Waals surface area contributed by atoms with Crippen LogP contribution in [0.1, 0.15) is 12.3 Å². The summed E-state index contributed by atoms with van der Waals surface area (Å²) in [7, 11) is -4.23. The van der Waals surface area contributed by atoms with Crippen LogP contribution < -0.4 is 21.0 Å². The zero-order chi connectivity index (χ0) is 23.5. The molecule has 0 bridgehead atoms. The number of nitrogens with one attached hydrogen (secondary N) is 1. The van der Waals surface area contributed by atoms with Crippen LogP contribution in [-0.2, 0) is 13.9 Å². The van der Waals surface area contributed by atoms with Gasteiger partial charge in [0, 0.05) is 6.20 Å². The molecule has 5 N–H and O–H groups in total. The Hall–Kier alpha value is -2.44. The number of aromatic nitrogens is 2. The number of benzene rings is 1. The monoisotopic (exact) mass is 488 g/mol. The molecule has 2 heterocycles. The molecule has 2 unspecified atom stereocenters. The highest BCUT2D eigenvalue weighted by Gasteiger charge is 2.46. The molecular weight excluding hydrogens is 466 g/mol. The number of nitrogens with zero attached hydrogens (tertiary/aromatic N) is 2. The number of anilines is 1. The Labute approximate surface area is 186 Å². The van der Waals surface area contributed by atoms with E-state index < -0.39 is 55.0 Å². The van der Waals surface area contributed by atoms with Crippen LogP contribution in [0.5, 0.6) is 5.75 Å². The molecule has 11 nitrogen and oxygen atoms in total. The average molecular weight is 488 g/mol. The van der Waals surface area contributed by atoms with Crippen molar-refractivity contribution in [2.75, 3.05) is 12.3 Å². The first-order chi connectivity index (χ1) is 15.1. The van der Waals surface area contributed by atoms with Gasteiger partial charge in [-0.25, -0.2) is 13.8 Å². The van der Waals surface area contributed by atoms with E-state index in [0.29, 0.717) is 0 Å². The number of carboxylic acids is 1. The number of aliphatic carboxylic acids is 1. The molecule has 1 aromatic heterocycles. The van der Waals surface area contributed by atoms with Gasteiger partial charge in [-0.1, -0.05) is 18.2 Å². The van der Waals surface area contributed by atoms with Gasteiger partial charge in [0.05, 0.1) is 11.9 Å². The molecular formula is C18H22FN4O7PS. The average Bonchev–Trinajstić information content (AvgIpc) is 3.01. The third kappa shape index (κ3) is 5.67. The number of carbonyl (C=O) groups is 1. The molecule has 1 aliphatic rings. The van der Waals surface area contributed by atoms with Crippen molar-refractivity contribution in [2.45, 2.75) is 35.9 Å². The molecule has 0 aliphatic carbocycles. The molecule has 2 aromatic rings. The summed E-state index contributed by atoms with van der Waals surface area (Å²) >= 11 is 0.884. The van der Waals surface area contributed by atoms with Crippen molar-refractivity contribution in [1.82, 2.24) is 14.6 Å². The van der Waals surface area contributed by atoms with Gasteiger partial charge < -0.3 is 20.5 Å². The Morgan fingerprint density at radius 2 is 2.09 bits per heavy atom. The predicted molar refractivity (Wildman–Crippen MR) is 115 cm³/mol. The van der Waals surface area contributed by atoms with Crippen molar-refractivity contribution >= 4 is 31.3 Å². The molecule has 1 aromatic carbocycles. The lowest BCUT2D eigenvalue weighted by Gasteiger charge is -2.23. The van der Waals surface area contributed by atoms with Crippen molar-refractivity contribution < 1.29 is 33.0 Å². The van der Waals surface area contributed by atoms with E-state index in [1.54, 1.807) is 18.2 Å². The van der Waals surface area contributed by atoms with E-state index in [-0.39, 0.29) is 11.6 Å². The number of alkyl halides is 1. The van der Waals surface area contributed by atoms with Gasteiger partial charge in [0.1, 0.15) is 29.1 Å². The largest absolute Gasteiger partial charge is 0.480 e. The normalized spacial score (nSPS) is 25.7. The second kappa shape index (κ2) is 10.0. The van der Waals surface area contributed by atoms with Gasteiger partial charge in [0.2, 0.25) is 0 Å². The Morgan fingerprint density at radius 3 is 2.72 bits per heavy atom. The van der Waals surface area contributed by atoms with E-state index in [0.717, 1.165) is 16.3 Å². The Bertz CT molecular complexity index is 1060. The fourth-order valence-corrected chi connectivity index (χ4v) is 5.90. The van der Waals surface area contributed by atoms with Gasteiger partial charge in [0.25, 0.3) is 0 Å². The summed E-state index contributed by atoms with van der Waals surface area (Å²) in [6.45, 7) is 0.795. The minimum atomic E-state index is -4.23. The summed E-state index contributed by atoms with van der Waals surface area (Å²) in [4.78, 5) is 26.8. The lowest BCUT2D eigenvalue weighted by Crippen LogP contribution is -2.36. The first kappa shape index (κ1) is 24.2. The van der Waals surface area contributed by atoms with E-state index in [2.05, 4.69) is 10.1 Å². The van der Waals surface area contributed by atoms with Crippen molar-refractivity contribution in [3.63, 3.8) is 0 Å². The number of nitrogen functional groups attached to an aromatic ring is 1. The number of hydrogen-bond acceptors (Lipinski definition) is 9. The van der Waals surface area contributed by atoms with Crippen LogP contribution in [0.2, 0.25) is 0 Å². The summed E-state index contributed by atoms with van der Waals surface area (Å²) in [6.07, 6.45) is -2.14. The minimum absolute atomic E-state index is 0.0253. The summed E-state index contributed by atoms with van der Waals surface area (Å²) in [6, 6.07) is 7.97. The number of aliphatic hydroxyl groups is 1. The van der Waals surface area contributed by atoms with E-state index in [1.807, 2.05) is 0 Å². The third-order valence-corrected chi connectivity index (χ3v) is 7.69. The molecule has 14 heteroatoms. The molecule has 1 saturated heterocycles. The van der Waals surface area contributed by atoms with E-state index in [1.165, 1.54) is 31.3 Å².